The van der Waals surface area contributed by atoms with E-state index >= 15 is 0 Å². The number of hydrogen-bond donors (Lipinski definition) is 0. The second-order valence-electron chi connectivity index (χ2n) is 19.9. The van der Waals surface area contributed by atoms with Crippen LogP contribution in [0.25, 0.3) is 11.1 Å². The van der Waals surface area contributed by atoms with Crippen LogP contribution in [0.1, 0.15) is 137 Å². The fourth-order valence-electron chi connectivity index (χ4n) is 10.1. The molecule has 11 nitrogen and oxygen atoms in total. The first kappa shape index (κ1) is 41.0. The van der Waals surface area contributed by atoms with Crippen LogP contribution < -0.4 is 0 Å². The van der Waals surface area contributed by atoms with E-state index in [1.807, 2.05) is 81.5 Å². The number of halogens is 1. The molecular formula is C41H61ClN4O7. The molecule has 2 aromatic heterocycles. The zero-order valence-corrected chi connectivity index (χ0v) is 34.8. The highest BCUT2D eigenvalue weighted by molar-refractivity contribution is 6.29. The van der Waals surface area contributed by atoms with Gasteiger partial charge in [-0.25, -0.2) is 14.6 Å². The molecule has 2 atom stereocenters. The number of aromatic nitrogens is 3. The van der Waals surface area contributed by atoms with Crippen LogP contribution >= 0.6 is 11.6 Å². The number of nitrogens with zero attached hydrogens (tertiary/aromatic N) is 4. The summed E-state index contributed by atoms with van der Waals surface area (Å²) in [6.07, 6.45) is 7.50. The molecule has 294 valence electrons. The van der Waals surface area contributed by atoms with Gasteiger partial charge in [-0.3, -0.25) is 9.48 Å². The van der Waals surface area contributed by atoms with Gasteiger partial charge in [0.25, 0.3) is 0 Å². The predicted molar refractivity (Wildman–Crippen MR) is 204 cm³/mol. The summed E-state index contributed by atoms with van der Waals surface area (Å²) in [5.74, 6) is -0.889. The Labute approximate surface area is 320 Å². The Balaban J connectivity index is 1.35. The van der Waals surface area contributed by atoms with Crippen LogP contribution in [0.4, 0.5) is 4.79 Å². The Morgan fingerprint density at radius 3 is 2.00 bits per heavy atom. The fourth-order valence-corrected chi connectivity index (χ4v) is 10.2. The molecule has 0 N–H and O–H groups in total. The number of pyridine rings is 1. The van der Waals surface area contributed by atoms with Gasteiger partial charge in [-0.05, 0) is 136 Å². The summed E-state index contributed by atoms with van der Waals surface area (Å²) >= 11 is 6.26. The first-order chi connectivity index (χ1) is 24.2. The smallest absolute Gasteiger partial charge is 0.410 e. The first-order valence-corrected chi connectivity index (χ1v) is 19.3. The van der Waals surface area contributed by atoms with Crippen molar-refractivity contribution in [1.29, 1.82) is 0 Å². The van der Waals surface area contributed by atoms with E-state index in [0.29, 0.717) is 18.7 Å². The Kier molecular flexibility index (Phi) is 10.9. The highest BCUT2D eigenvalue weighted by Crippen LogP contribution is 2.72. The minimum absolute atomic E-state index is 0.0554. The Morgan fingerprint density at radius 1 is 0.811 bits per heavy atom. The normalized spacial score (nSPS) is 26.7. The summed E-state index contributed by atoms with van der Waals surface area (Å²) in [4.78, 5) is 45.1. The Hall–Kier alpha value is -3.18. The van der Waals surface area contributed by atoms with Crippen molar-refractivity contribution in [2.24, 2.45) is 16.2 Å². The van der Waals surface area contributed by atoms with Gasteiger partial charge in [-0.15, -0.1) is 0 Å². The molecular weight excluding hydrogens is 696 g/mol. The van der Waals surface area contributed by atoms with Gasteiger partial charge in [-0.2, -0.15) is 5.10 Å². The van der Waals surface area contributed by atoms with Gasteiger partial charge in [0.2, 0.25) is 0 Å². The molecule has 53 heavy (non-hydrogen) atoms. The molecule has 2 heterocycles. The Bertz CT molecular complexity index is 1700. The van der Waals surface area contributed by atoms with Gasteiger partial charge in [0.1, 0.15) is 22.0 Å². The van der Waals surface area contributed by atoms with Gasteiger partial charge in [0.05, 0.1) is 24.8 Å². The van der Waals surface area contributed by atoms with Crippen molar-refractivity contribution in [3.05, 3.63) is 34.9 Å². The molecule has 0 radical (unpaired) electrons. The summed E-state index contributed by atoms with van der Waals surface area (Å²) in [5, 5.41) is 5.11. The molecule has 0 saturated heterocycles. The third-order valence-electron chi connectivity index (χ3n) is 10.4. The standard InChI is InChI=1S/C41H61ClN4O7/c1-27-29(28-13-14-30(42)44-32(28)33(48)52-36(5,6)7)19-43-46(27)26-40-21-38(11)20-39(12,22-40)24-41(23-38,25-40)50-18-17-45(34(49)53-37(8,9)10)16-15-31(47)51-35(2,3)4/h13-14,19H,15-18,20-26H2,1-12H3. The molecule has 0 aromatic carbocycles. The number of esters is 2. The van der Waals surface area contributed by atoms with Crippen LogP contribution in [0, 0.1) is 23.2 Å². The monoisotopic (exact) mass is 756 g/mol. The van der Waals surface area contributed by atoms with Crippen molar-refractivity contribution in [2.45, 2.75) is 157 Å². The molecule has 6 rings (SSSR count). The highest BCUT2D eigenvalue weighted by Gasteiger charge is 2.66. The second-order valence-corrected chi connectivity index (χ2v) is 20.2. The van der Waals surface area contributed by atoms with Gasteiger partial charge in [0, 0.05) is 36.5 Å². The van der Waals surface area contributed by atoms with Gasteiger partial charge in [0.15, 0.2) is 5.69 Å². The number of carbonyl (C=O) groups is 3. The molecule has 4 aliphatic rings. The first-order valence-electron chi connectivity index (χ1n) is 19.0. The summed E-state index contributed by atoms with van der Waals surface area (Å²) < 4.78 is 26.0. The van der Waals surface area contributed by atoms with Crippen LogP contribution in [0.3, 0.4) is 0 Å². The van der Waals surface area contributed by atoms with Gasteiger partial charge < -0.3 is 23.8 Å². The van der Waals surface area contributed by atoms with Crippen molar-refractivity contribution in [3.63, 3.8) is 0 Å². The van der Waals surface area contributed by atoms with Crippen molar-refractivity contribution in [3.8, 4) is 11.1 Å². The lowest BCUT2D eigenvalue weighted by Gasteiger charge is -2.69. The zero-order chi connectivity index (χ0) is 39.4. The van der Waals surface area contributed by atoms with Crippen molar-refractivity contribution in [1.82, 2.24) is 19.7 Å². The van der Waals surface area contributed by atoms with Gasteiger partial charge >= 0.3 is 18.0 Å². The SMILES string of the molecule is Cc1c(-c2ccc(Cl)nc2C(=O)OC(C)(C)C)cnn1CC12CC3(C)CC(C)(C1)CC(OCCN(CCC(=O)OC(C)(C)C)C(=O)OC(C)(C)C)(C3)C2. The lowest BCUT2D eigenvalue weighted by Crippen LogP contribution is -2.64. The number of amides is 1. The Morgan fingerprint density at radius 2 is 1.42 bits per heavy atom. The van der Waals surface area contributed by atoms with Crippen LogP contribution in [0.2, 0.25) is 5.15 Å². The number of carbonyl (C=O) groups excluding carboxylic acids is 3. The summed E-state index contributed by atoms with van der Waals surface area (Å²) in [6, 6.07) is 3.50. The maximum atomic E-state index is 13.3. The third kappa shape index (κ3) is 10.1. The maximum Gasteiger partial charge on any atom is 0.410 e. The zero-order valence-electron chi connectivity index (χ0n) is 34.0. The van der Waals surface area contributed by atoms with Crippen molar-refractivity contribution >= 4 is 29.6 Å². The highest BCUT2D eigenvalue weighted by atomic mass is 35.5. The van der Waals surface area contributed by atoms with E-state index in [2.05, 4.69) is 23.5 Å². The van der Waals surface area contributed by atoms with E-state index < -0.39 is 28.9 Å². The molecule has 0 spiro atoms. The topological polar surface area (TPSA) is 122 Å². The molecule has 4 bridgehead atoms. The minimum atomic E-state index is -0.686. The average molecular weight is 757 g/mol. The lowest BCUT2D eigenvalue weighted by atomic mass is 9.39. The van der Waals surface area contributed by atoms with Crippen LogP contribution in [0.15, 0.2) is 18.3 Å². The third-order valence-corrected chi connectivity index (χ3v) is 10.6. The number of hydrogen-bond acceptors (Lipinski definition) is 9. The molecule has 2 unspecified atom stereocenters. The predicted octanol–water partition coefficient (Wildman–Crippen LogP) is 8.97. The second kappa shape index (κ2) is 14.2. The lowest BCUT2D eigenvalue weighted by molar-refractivity contribution is -0.248. The van der Waals surface area contributed by atoms with Crippen molar-refractivity contribution < 1.29 is 33.3 Å². The van der Waals surface area contributed by atoms with E-state index in [9.17, 15) is 14.4 Å². The van der Waals surface area contributed by atoms with E-state index in [1.54, 1.807) is 11.0 Å². The van der Waals surface area contributed by atoms with Crippen LogP contribution in [-0.4, -0.2) is 79.8 Å². The molecule has 12 heteroatoms. The minimum Gasteiger partial charge on any atom is -0.460 e. The molecule has 2 aromatic rings. The molecule has 4 aliphatic carbocycles. The maximum absolute atomic E-state index is 13.3. The largest absolute Gasteiger partial charge is 0.460 e. The average Bonchev–Trinajstić information content (AvgIpc) is 3.28. The number of ether oxygens (including phenoxy) is 4. The van der Waals surface area contributed by atoms with E-state index in [4.69, 9.17) is 35.6 Å². The summed E-state index contributed by atoms with van der Waals surface area (Å²) in [6.45, 7) is 24.8. The van der Waals surface area contributed by atoms with E-state index in [0.717, 1.165) is 56.3 Å². The van der Waals surface area contributed by atoms with Gasteiger partial charge in [-0.1, -0.05) is 25.4 Å². The van der Waals surface area contributed by atoms with Crippen LogP contribution in [0.5, 0.6) is 0 Å². The summed E-state index contributed by atoms with van der Waals surface area (Å²) in [5.41, 5.74) is 0.382. The molecule has 1 amide bonds. The van der Waals surface area contributed by atoms with Crippen molar-refractivity contribution in [2.75, 3.05) is 19.7 Å². The summed E-state index contributed by atoms with van der Waals surface area (Å²) in [7, 11) is 0. The molecule has 0 aliphatic heterocycles. The number of rotatable bonds is 11. The van der Waals surface area contributed by atoms with Crippen LogP contribution in [-0.2, 0) is 30.3 Å². The van der Waals surface area contributed by atoms with E-state index in [-0.39, 0.29) is 51.6 Å². The molecule has 4 fully saturated rings. The molecule has 4 saturated carbocycles. The van der Waals surface area contributed by atoms with E-state index in [1.165, 1.54) is 0 Å². The fraction of sp³-hybridized carbons (Fsp3) is 0.732. The quantitative estimate of drug-likeness (QED) is 0.126.